The van der Waals surface area contributed by atoms with Crippen molar-refractivity contribution in [2.45, 2.75) is 19.9 Å². The Bertz CT molecular complexity index is 1090. The van der Waals surface area contributed by atoms with Crippen molar-refractivity contribution in [3.63, 3.8) is 0 Å². The van der Waals surface area contributed by atoms with E-state index in [1.54, 1.807) is 12.1 Å². The second-order valence-corrected chi connectivity index (χ2v) is 6.22. The fraction of sp³-hybridized carbons (Fsp3) is 0.150. The largest absolute Gasteiger partial charge is 0.268 e. The molecule has 0 bridgehead atoms. The van der Waals surface area contributed by atoms with Gasteiger partial charge in [-0.3, -0.25) is 4.79 Å². The SMILES string of the molecule is CC(C)n1nc(-c2c(-c3ccccc3)nn3ccccc23)ccc1=O. The van der Waals surface area contributed by atoms with Crippen molar-refractivity contribution in [3.05, 3.63) is 77.2 Å². The van der Waals surface area contributed by atoms with Crippen LogP contribution in [0, 0.1) is 0 Å². The summed E-state index contributed by atoms with van der Waals surface area (Å²) >= 11 is 0. The van der Waals surface area contributed by atoms with Gasteiger partial charge in [-0.2, -0.15) is 10.2 Å². The van der Waals surface area contributed by atoms with Crippen LogP contribution in [-0.4, -0.2) is 19.4 Å². The molecule has 25 heavy (non-hydrogen) atoms. The quantitative estimate of drug-likeness (QED) is 0.574. The highest BCUT2D eigenvalue weighted by molar-refractivity contribution is 5.90. The van der Waals surface area contributed by atoms with Crippen LogP contribution in [-0.2, 0) is 0 Å². The zero-order chi connectivity index (χ0) is 17.4. The number of hydrogen-bond acceptors (Lipinski definition) is 3. The molecule has 0 N–H and O–H groups in total. The molecule has 4 aromatic rings. The standard InChI is InChI=1S/C20H18N4O/c1-14(2)24-18(25)12-11-16(21-24)19-17-10-6-7-13-23(17)22-20(19)15-8-4-3-5-9-15/h3-14H,1-2H3. The van der Waals surface area contributed by atoms with E-state index in [9.17, 15) is 4.79 Å². The first-order valence-corrected chi connectivity index (χ1v) is 8.28. The summed E-state index contributed by atoms with van der Waals surface area (Å²) in [7, 11) is 0. The zero-order valence-corrected chi connectivity index (χ0v) is 14.1. The van der Waals surface area contributed by atoms with Gasteiger partial charge >= 0.3 is 0 Å². The molecule has 3 heterocycles. The summed E-state index contributed by atoms with van der Waals surface area (Å²) in [5, 5.41) is 9.35. The fourth-order valence-corrected chi connectivity index (χ4v) is 2.98. The Morgan fingerprint density at radius 2 is 1.64 bits per heavy atom. The fourth-order valence-electron chi connectivity index (χ4n) is 2.98. The summed E-state index contributed by atoms with van der Waals surface area (Å²) in [5.74, 6) is 0. The van der Waals surface area contributed by atoms with E-state index in [1.165, 1.54) is 4.68 Å². The van der Waals surface area contributed by atoms with Crippen molar-refractivity contribution < 1.29 is 0 Å². The first kappa shape index (κ1) is 15.3. The molecule has 0 aliphatic carbocycles. The number of rotatable bonds is 3. The van der Waals surface area contributed by atoms with Gasteiger partial charge < -0.3 is 0 Å². The van der Waals surface area contributed by atoms with Crippen LogP contribution in [0.5, 0.6) is 0 Å². The average Bonchev–Trinajstić information content (AvgIpc) is 3.02. The number of aromatic nitrogens is 4. The molecule has 0 atom stereocenters. The van der Waals surface area contributed by atoms with E-state index >= 15 is 0 Å². The summed E-state index contributed by atoms with van der Waals surface area (Å²) < 4.78 is 3.36. The highest BCUT2D eigenvalue weighted by Gasteiger charge is 2.18. The Labute approximate surface area is 145 Å². The Morgan fingerprint density at radius 3 is 2.40 bits per heavy atom. The number of fused-ring (bicyclic) bond motifs is 1. The van der Waals surface area contributed by atoms with Crippen molar-refractivity contribution in [1.82, 2.24) is 19.4 Å². The van der Waals surface area contributed by atoms with Crippen LogP contribution in [0.25, 0.3) is 28.0 Å². The third-order valence-corrected chi connectivity index (χ3v) is 4.16. The van der Waals surface area contributed by atoms with Gasteiger partial charge in [0.25, 0.3) is 5.56 Å². The minimum Gasteiger partial charge on any atom is -0.268 e. The summed E-state index contributed by atoms with van der Waals surface area (Å²) in [6.45, 7) is 3.90. The molecule has 0 radical (unpaired) electrons. The van der Waals surface area contributed by atoms with Crippen LogP contribution in [0.3, 0.4) is 0 Å². The molecule has 5 heteroatoms. The summed E-state index contributed by atoms with van der Waals surface area (Å²) in [6, 6.07) is 19.3. The lowest BCUT2D eigenvalue weighted by molar-refractivity contribution is 0.505. The van der Waals surface area contributed by atoms with Crippen LogP contribution in [0.2, 0.25) is 0 Å². The van der Waals surface area contributed by atoms with Crippen LogP contribution in [0.15, 0.2) is 71.7 Å². The first-order chi connectivity index (χ1) is 12.1. The van der Waals surface area contributed by atoms with Crippen LogP contribution in [0.4, 0.5) is 0 Å². The van der Waals surface area contributed by atoms with E-state index in [0.717, 1.165) is 28.0 Å². The second kappa shape index (κ2) is 6.02. The molecule has 5 nitrogen and oxygen atoms in total. The maximum absolute atomic E-state index is 12.1. The minimum atomic E-state index is -0.100. The molecule has 124 valence electrons. The molecule has 0 spiro atoms. The Morgan fingerprint density at radius 1 is 0.880 bits per heavy atom. The van der Waals surface area contributed by atoms with E-state index in [0.29, 0.717) is 0 Å². The molecule has 0 aliphatic heterocycles. The molecule has 0 unspecified atom stereocenters. The van der Waals surface area contributed by atoms with Gasteiger partial charge in [0, 0.05) is 17.8 Å². The van der Waals surface area contributed by atoms with Gasteiger partial charge in [-0.15, -0.1) is 0 Å². The molecular weight excluding hydrogens is 312 g/mol. The molecular formula is C20H18N4O. The van der Waals surface area contributed by atoms with Crippen LogP contribution >= 0.6 is 0 Å². The molecule has 0 saturated heterocycles. The van der Waals surface area contributed by atoms with Gasteiger partial charge in [0.2, 0.25) is 0 Å². The number of nitrogens with zero attached hydrogens (tertiary/aromatic N) is 4. The molecule has 0 aliphatic rings. The van der Waals surface area contributed by atoms with Crippen molar-refractivity contribution in [2.24, 2.45) is 0 Å². The molecule has 1 aromatic carbocycles. The van der Waals surface area contributed by atoms with E-state index in [4.69, 9.17) is 5.10 Å². The monoisotopic (exact) mass is 330 g/mol. The second-order valence-electron chi connectivity index (χ2n) is 6.22. The Kier molecular flexibility index (Phi) is 3.69. The van der Waals surface area contributed by atoms with Gasteiger partial charge in [0.05, 0.1) is 22.8 Å². The molecule has 4 rings (SSSR count). The molecule has 0 fully saturated rings. The first-order valence-electron chi connectivity index (χ1n) is 8.28. The molecule has 0 saturated carbocycles. The van der Waals surface area contributed by atoms with Crippen molar-refractivity contribution in [2.75, 3.05) is 0 Å². The number of hydrogen-bond donors (Lipinski definition) is 0. The summed E-state index contributed by atoms with van der Waals surface area (Å²) in [5.41, 5.74) is 4.41. The maximum atomic E-state index is 12.1. The highest BCUT2D eigenvalue weighted by Crippen LogP contribution is 2.33. The smallest absolute Gasteiger partial charge is 0.267 e. The molecule has 3 aromatic heterocycles. The summed E-state index contributed by atoms with van der Waals surface area (Å²) in [6.07, 6.45) is 1.92. The van der Waals surface area contributed by atoms with E-state index in [-0.39, 0.29) is 11.6 Å². The van der Waals surface area contributed by atoms with Gasteiger partial charge in [-0.05, 0) is 32.0 Å². The highest BCUT2D eigenvalue weighted by atomic mass is 16.1. The van der Waals surface area contributed by atoms with Crippen molar-refractivity contribution in [3.8, 4) is 22.5 Å². The lowest BCUT2D eigenvalue weighted by Gasteiger charge is -2.10. The van der Waals surface area contributed by atoms with E-state index < -0.39 is 0 Å². The number of pyridine rings is 1. The van der Waals surface area contributed by atoms with Gasteiger partial charge in [0.15, 0.2) is 0 Å². The van der Waals surface area contributed by atoms with Gasteiger partial charge in [-0.1, -0.05) is 36.4 Å². The number of benzene rings is 1. The molecule has 0 amide bonds. The zero-order valence-electron chi connectivity index (χ0n) is 14.1. The average molecular weight is 330 g/mol. The third-order valence-electron chi connectivity index (χ3n) is 4.16. The van der Waals surface area contributed by atoms with Gasteiger partial charge in [-0.25, -0.2) is 9.20 Å². The predicted molar refractivity (Wildman–Crippen MR) is 98.5 cm³/mol. The Balaban J connectivity index is 2.04. The normalized spacial score (nSPS) is 11.3. The third kappa shape index (κ3) is 2.63. The predicted octanol–water partition coefficient (Wildman–Crippen LogP) is 3.81. The summed E-state index contributed by atoms with van der Waals surface area (Å²) in [4.78, 5) is 12.1. The lowest BCUT2D eigenvalue weighted by atomic mass is 10.0. The lowest BCUT2D eigenvalue weighted by Crippen LogP contribution is -2.23. The van der Waals surface area contributed by atoms with Crippen molar-refractivity contribution in [1.29, 1.82) is 0 Å². The van der Waals surface area contributed by atoms with Crippen LogP contribution < -0.4 is 5.56 Å². The van der Waals surface area contributed by atoms with Gasteiger partial charge in [0.1, 0.15) is 5.69 Å². The van der Waals surface area contributed by atoms with Crippen LogP contribution in [0.1, 0.15) is 19.9 Å². The van der Waals surface area contributed by atoms with E-state index in [1.807, 2.05) is 73.1 Å². The Hall–Kier alpha value is -3.21. The van der Waals surface area contributed by atoms with E-state index in [2.05, 4.69) is 5.10 Å². The topological polar surface area (TPSA) is 52.2 Å². The van der Waals surface area contributed by atoms with Crippen molar-refractivity contribution >= 4 is 5.52 Å². The maximum Gasteiger partial charge on any atom is 0.267 e. The minimum absolute atomic E-state index is 0.00513.